The molecular formula is C64H87O3PS. The molecule has 0 fully saturated rings. The minimum atomic E-state index is -4.57. The van der Waals surface area contributed by atoms with E-state index in [0.29, 0.717) is 11.3 Å². The number of aryl methyl sites for hydroxylation is 1. The van der Waals surface area contributed by atoms with E-state index in [1.54, 1.807) is 0 Å². The molecule has 0 spiro atoms. The van der Waals surface area contributed by atoms with Crippen LogP contribution in [-0.2, 0) is 26.9 Å². The summed E-state index contributed by atoms with van der Waals surface area (Å²) < 4.78 is 40.6. The zero-order chi connectivity index (χ0) is 48.3. The first kappa shape index (κ1) is 54.3. The summed E-state index contributed by atoms with van der Waals surface area (Å²) in [6.45, 7) is 0.00718. The van der Waals surface area contributed by atoms with Gasteiger partial charge in [0.15, 0.2) is 0 Å². The van der Waals surface area contributed by atoms with Gasteiger partial charge in [-0.2, -0.15) is 0 Å². The molecule has 0 aromatic heterocycles. The standard InChI is InChI=1S/C64H87O3PS/c1-3-5-7-9-11-13-15-17-19-21-23-25-31-43-56-55-57-44-41-42-54-63(57)64(62(56)53-40-26-24-22-20-18-16-14-12-10-8-6-4-2)69(65,66)67-68(58-45-32-27-33-46-58,59-47-34-28-35-48-59,60-49-36-29-37-50-60)61-51-38-30-39-52-61/h27-30,32-39,41-42,44-52,54-55H,3-26,31,40,43,53H2,1-2H3. The number of rotatable bonds is 35. The third kappa shape index (κ3) is 14.5. The van der Waals surface area contributed by atoms with Gasteiger partial charge in [0.05, 0.1) is 0 Å². The summed E-state index contributed by atoms with van der Waals surface area (Å²) in [6, 6.07) is 51.3. The number of fused-ring (bicyclic) bond motifs is 1. The molecule has 372 valence electrons. The maximum atomic E-state index is 16.5. The average Bonchev–Trinajstić information content (AvgIpc) is 3.39. The SMILES string of the molecule is CCCCCCCCCCCCCCCc1cc2ccccc2c(S(=O)(=O)OP(c2ccccc2)(c2ccccc2)(c2ccccc2)c2ccccc2)c1CCCCCCCCCCCCCCC. The van der Waals surface area contributed by atoms with E-state index in [1.807, 2.05) is 91.0 Å². The van der Waals surface area contributed by atoms with Gasteiger partial charge in [-0.15, -0.1) is 0 Å². The third-order valence-corrected chi connectivity index (χ3v) is 22.8. The molecule has 0 bridgehead atoms. The number of benzene rings is 6. The first-order valence-electron chi connectivity index (χ1n) is 27.7. The number of hydrogen-bond acceptors (Lipinski definition) is 3. The molecule has 0 saturated carbocycles. The molecule has 0 unspecified atom stereocenters. The van der Waals surface area contributed by atoms with Gasteiger partial charge < -0.3 is 0 Å². The van der Waals surface area contributed by atoms with Crippen LogP contribution in [0, 0.1) is 0 Å². The zero-order valence-electron chi connectivity index (χ0n) is 42.8. The molecule has 0 heterocycles. The second kappa shape index (κ2) is 29.3. The Morgan fingerprint density at radius 3 is 1.03 bits per heavy atom. The molecule has 0 aliphatic rings. The van der Waals surface area contributed by atoms with Gasteiger partial charge in [0.2, 0.25) is 0 Å². The van der Waals surface area contributed by atoms with E-state index in [-0.39, 0.29) is 0 Å². The smallest absolute Gasteiger partial charge is 0.0654 e. The fourth-order valence-corrected chi connectivity index (χ4v) is 20.0. The van der Waals surface area contributed by atoms with Crippen molar-refractivity contribution in [2.75, 3.05) is 0 Å². The van der Waals surface area contributed by atoms with Gasteiger partial charge in [-0.3, -0.25) is 0 Å². The number of hydrogen-bond donors (Lipinski definition) is 0. The molecule has 6 rings (SSSR count). The van der Waals surface area contributed by atoms with E-state index in [4.69, 9.17) is 3.97 Å². The predicted molar refractivity (Wildman–Crippen MR) is 302 cm³/mol. The van der Waals surface area contributed by atoms with Gasteiger partial charge in [-0.05, 0) is 0 Å². The molecule has 3 nitrogen and oxygen atoms in total. The van der Waals surface area contributed by atoms with E-state index < -0.39 is 16.9 Å². The van der Waals surface area contributed by atoms with E-state index in [2.05, 4.69) is 74.5 Å². The fourth-order valence-electron chi connectivity index (χ4n) is 11.0. The van der Waals surface area contributed by atoms with E-state index in [0.717, 1.165) is 75.2 Å². The molecule has 5 heteroatoms. The third-order valence-electron chi connectivity index (χ3n) is 14.8. The monoisotopic (exact) mass is 967 g/mol. The van der Waals surface area contributed by atoms with Gasteiger partial charge in [-0.1, -0.05) is 97.3 Å². The molecule has 0 N–H and O–H groups in total. The van der Waals surface area contributed by atoms with E-state index in [1.165, 1.54) is 141 Å². The fraction of sp³-hybridized carbons (Fsp3) is 0.469. The molecule has 6 aromatic rings. The van der Waals surface area contributed by atoms with Crippen LogP contribution >= 0.6 is 6.83 Å². The second-order valence-corrected chi connectivity index (χ2v) is 26.0. The summed E-state index contributed by atoms with van der Waals surface area (Å²) in [5.74, 6) is 0. The van der Waals surface area contributed by atoms with Crippen LogP contribution in [0.15, 0.2) is 157 Å². The molecule has 0 saturated heterocycles. The van der Waals surface area contributed by atoms with Crippen LogP contribution in [0.25, 0.3) is 10.8 Å². The first-order valence-corrected chi connectivity index (χ1v) is 31.3. The van der Waals surface area contributed by atoms with Crippen molar-refractivity contribution in [1.82, 2.24) is 0 Å². The molecular weight excluding hydrogens is 880 g/mol. The van der Waals surface area contributed by atoms with Crippen LogP contribution in [0.4, 0.5) is 0 Å². The molecule has 0 aliphatic heterocycles. The Labute approximate surface area is 420 Å². The Morgan fingerprint density at radius 2 is 0.667 bits per heavy atom. The van der Waals surface area contributed by atoms with Gasteiger partial charge in [0.1, 0.15) is 0 Å². The van der Waals surface area contributed by atoms with Crippen LogP contribution < -0.4 is 21.2 Å². The summed E-state index contributed by atoms with van der Waals surface area (Å²) in [5.41, 5.74) is 2.12. The van der Waals surface area contributed by atoms with E-state index in [9.17, 15) is 0 Å². The van der Waals surface area contributed by atoms with Crippen molar-refractivity contribution in [3.05, 3.63) is 163 Å². The molecule has 0 atom stereocenters. The van der Waals surface area contributed by atoms with Crippen molar-refractivity contribution in [3.8, 4) is 0 Å². The van der Waals surface area contributed by atoms with E-state index >= 15 is 8.42 Å². The minimum absolute atomic E-state index is 0.358. The van der Waals surface area contributed by atoms with Gasteiger partial charge in [-0.25, -0.2) is 0 Å². The summed E-state index contributed by atoms with van der Waals surface area (Å²) in [6.07, 6.45) is 35.1. The Bertz CT molecular complexity index is 2270. The van der Waals surface area contributed by atoms with Crippen molar-refractivity contribution >= 4 is 48.9 Å². The minimum Gasteiger partial charge on any atom is -0.0654 e. The molecule has 69 heavy (non-hydrogen) atoms. The van der Waals surface area contributed by atoms with Crippen LogP contribution in [0.3, 0.4) is 0 Å². The van der Waals surface area contributed by atoms with Crippen molar-refractivity contribution in [2.45, 2.75) is 199 Å². The summed E-state index contributed by atoms with van der Waals surface area (Å²) in [5, 5.41) is 5.09. The normalized spacial score (nSPS) is 12.6. The van der Waals surface area contributed by atoms with Crippen LogP contribution in [0.1, 0.15) is 192 Å². The van der Waals surface area contributed by atoms with Gasteiger partial charge >= 0.3 is 325 Å². The predicted octanol–water partition coefficient (Wildman–Crippen LogP) is 17.6. The summed E-state index contributed by atoms with van der Waals surface area (Å²) in [4.78, 5) is 0.358. The summed E-state index contributed by atoms with van der Waals surface area (Å²) >= 11 is 0. The maximum absolute atomic E-state index is 16.5. The van der Waals surface area contributed by atoms with Crippen LogP contribution in [0.2, 0.25) is 0 Å². The molecule has 0 aliphatic carbocycles. The Balaban J connectivity index is 1.34. The van der Waals surface area contributed by atoms with Crippen molar-refractivity contribution in [1.29, 1.82) is 0 Å². The quantitative estimate of drug-likeness (QED) is 0.0294. The van der Waals surface area contributed by atoms with Crippen molar-refractivity contribution < 1.29 is 12.4 Å². The summed E-state index contributed by atoms with van der Waals surface area (Å²) in [7, 11) is -4.52. The topological polar surface area (TPSA) is 43.4 Å². The zero-order valence-corrected chi connectivity index (χ0v) is 44.5. The van der Waals surface area contributed by atoms with Crippen LogP contribution in [-0.4, -0.2) is 8.42 Å². The van der Waals surface area contributed by atoms with Crippen molar-refractivity contribution in [3.63, 3.8) is 0 Å². The molecule has 6 aromatic carbocycles. The Kier molecular flexibility index (Phi) is 23.0. The van der Waals surface area contributed by atoms with Gasteiger partial charge in [0, 0.05) is 0 Å². The number of unbranched alkanes of at least 4 members (excludes halogenated alkanes) is 24. The Morgan fingerprint density at radius 1 is 0.362 bits per heavy atom. The average molecular weight is 967 g/mol. The van der Waals surface area contributed by atoms with Crippen molar-refractivity contribution in [2.24, 2.45) is 0 Å². The molecule has 0 radical (unpaired) electrons. The molecule has 0 amide bonds. The van der Waals surface area contributed by atoms with Crippen LogP contribution in [0.5, 0.6) is 0 Å². The van der Waals surface area contributed by atoms with Gasteiger partial charge in [0.25, 0.3) is 0 Å². The first-order chi connectivity index (χ1) is 34.0. The Hall–Kier alpha value is -4.08. The second-order valence-electron chi connectivity index (χ2n) is 20.0.